The lowest BCUT2D eigenvalue weighted by Crippen LogP contribution is -2.25. The number of hydrogen-bond donors (Lipinski definition) is 0. The number of hydrogen-bond acceptors (Lipinski definition) is 2. The lowest BCUT2D eigenvalue weighted by atomic mass is 10.1. The third kappa shape index (κ3) is 2.94. The number of nitrogens with zero attached hydrogens (tertiary/aromatic N) is 2. The summed E-state index contributed by atoms with van der Waals surface area (Å²) in [6, 6.07) is 13.5. The highest BCUT2D eigenvalue weighted by Crippen LogP contribution is 2.27. The predicted molar refractivity (Wildman–Crippen MR) is 103 cm³/mol. The molecule has 0 amide bonds. The molecule has 4 heteroatoms. The Labute approximate surface area is 149 Å². The molecule has 1 heterocycles. The molecule has 0 spiro atoms. The van der Waals surface area contributed by atoms with E-state index in [1.54, 1.807) is 4.57 Å². The van der Waals surface area contributed by atoms with E-state index in [0.717, 1.165) is 33.5 Å². The second kappa shape index (κ2) is 6.73. The van der Waals surface area contributed by atoms with E-state index in [1.165, 1.54) is 0 Å². The standard InChI is InChI=1S/C20H19BrN2O/c1-4-7-14(3)19-22-17-9-6-5-8-15(17)20(24)23(19)18-11-10-13(2)12-16(18)21/h4-6,8-12,14H,1,7H2,2-3H3/t14-/m0/s1. The van der Waals surface area contributed by atoms with Gasteiger partial charge in [-0.2, -0.15) is 0 Å². The van der Waals surface area contributed by atoms with E-state index in [1.807, 2.05) is 55.5 Å². The molecule has 0 aliphatic heterocycles. The van der Waals surface area contributed by atoms with Gasteiger partial charge in [0.1, 0.15) is 5.82 Å². The first-order valence-corrected chi connectivity index (χ1v) is 8.71. The summed E-state index contributed by atoms with van der Waals surface area (Å²) in [6.07, 6.45) is 2.62. The van der Waals surface area contributed by atoms with Gasteiger partial charge < -0.3 is 0 Å². The van der Waals surface area contributed by atoms with Crippen LogP contribution in [0.3, 0.4) is 0 Å². The molecule has 0 aliphatic rings. The van der Waals surface area contributed by atoms with Gasteiger partial charge in [-0.15, -0.1) is 6.58 Å². The smallest absolute Gasteiger partial charge is 0.266 e. The van der Waals surface area contributed by atoms with Crippen molar-refractivity contribution in [3.8, 4) is 5.69 Å². The average molecular weight is 383 g/mol. The van der Waals surface area contributed by atoms with E-state index in [9.17, 15) is 4.79 Å². The molecule has 2 aromatic carbocycles. The van der Waals surface area contributed by atoms with Gasteiger partial charge in [0.25, 0.3) is 5.56 Å². The highest BCUT2D eigenvalue weighted by atomic mass is 79.9. The molecule has 0 saturated heterocycles. The number of fused-ring (bicyclic) bond motifs is 1. The molecule has 3 rings (SSSR count). The van der Waals surface area contributed by atoms with Crippen LogP contribution in [0, 0.1) is 6.92 Å². The molecule has 0 N–H and O–H groups in total. The number of benzene rings is 2. The zero-order valence-corrected chi connectivity index (χ0v) is 15.4. The number of aromatic nitrogens is 2. The van der Waals surface area contributed by atoms with Crippen molar-refractivity contribution in [1.82, 2.24) is 9.55 Å². The fraction of sp³-hybridized carbons (Fsp3) is 0.200. The summed E-state index contributed by atoms with van der Waals surface area (Å²) in [5.74, 6) is 0.844. The molecule has 1 atom stereocenters. The first-order chi connectivity index (χ1) is 11.5. The Kier molecular flexibility index (Phi) is 4.67. The van der Waals surface area contributed by atoms with Crippen molar-refractivity contribution in [2.24, 2.45) is 0 Å². The summed E-state index contributed by atoms with van der Waals surface area (Å²) in [5, 5.41) is 0.625. The maximum Gasteiger partial charge on any atom is 0.266 e. The first kappa shape index (κ1) is 16.7. The summed E-state index contributed by atoms with van der Waals surface area (Å²) in [6.45, 7) is 7.91. The van der Waals surface area contributed by atoms with Crippen LogP contribution in [0.4, 0.5) is 0 Å². The Hall–Kier alpha value is -2.20. The summed E-state index contributed by atoms with van der Waals surface area (Å²) in [4.78, 5) is 18.0. The lowest BCUT2D eigenvalue weighted by molar-refractivity contribution is 0.676. The highest BCUT2D eigenvalue weighted by molar-refractivity contribution is 9.10. The summed E-state index contributed by atoms with van der Waals surface area (Å²) in [5.41, 5.74) is 2.63. The fourth-order valence-corrected chi connectivity index (χ4v) is 3.53. The Balaban J connectivity index is 2.39. The molecule has 0 saturated carbocycles. The average Bonchev–Trinajstić information content (AvgIpc) is 2.56. The van der Waals surface area contributed by atoms with Gasteiger partial charge >= 0.3 is 0 Å². The Morgan fingerprint density at radius 1 is 1.29 bits per heavy atom. The van der Waals surface area contributed by atoms with Crippen LogP contribution < -0.4 is 5.56 Å². The lowest BCUT2D eigenvalue weighted by Gasteiger charge is -2.19. The molecule has 0 bridgehead atoms. The monoisotopic (exact) mass is 382 g/mol. The second-order valence-corrected chi connectivity index (χ2v) is 6.86. The van der Waals surface area contributed by atoms with Gasteiger partial charge in [0.15, 0.2) is 0 Å². The minimum atomic E-state index is -0.0453. The van der Waals surface area contributed by atoms with Gasteiger partial charge in [0, 0.05) is 10.4 Å². The maximum absolute atomic E-state index is 13.2. The van der Waals surface area contributed by atoms with Gasteiger partial charge in [-0.05, 0) is 59.1 Å². The number of allylic oxidation sites excluding steroid dienone is 1. The molecule has 3 nitrogen and oxygen atoms in total. The van der Waals surface area contributed by atoms with Crippen LogP contribution in [0.5, 0.6) is 0 Å². The van der Waals surface area contributed by atoms with Gasteiger partial charge in [0.05, 0.1) is 16.6 Å². The van der Waals surface area contributed by atoms with E-state index < -0.39 is 0 Å². The summed E-state index contributed by atoms with van der Waals surface area (Å²) >= 11 is 3.60. The van der Waals surface area contributed by atoms with Crippen LogP contribution >= 0.6 is 15.9 Å². The van der Waals surface area contributed by atoms with E-state index in [0.29, 0.717) is 5.39 Å². The molecular formula is C20H19BrN2O. The van der Waals surface area contributed by atoms with Crippen molar-refractivity contribution < 1.29 is 0 Å². The van der Waals surface area contributed by atoms with Gasteiger partial charge in [-0.25, -0.2) is 4.98 Å². The summed E-state index contributed by atoms with van der Waals surface area (Å²) in [7, 11) is 0. The van der Waals surface area contributed by atoms with E-state index in [4.69, 9.17) is 4.98 Å². The Morgan fingerprint density at radius 2 is 2.04 bits per heavy atom. The first-order valence-electron chi connectivity index (χ1n) is 7.92. The van der Waals surface area contributed by atoms with Crippen LogP contribution in [0.25, 0.3) is 16.6 Å². The van der Waals surface area contributed by atoms with Crippen molar-refractivity contribution in [1.29, 1.82) is 0 Å². The molecule has 24 heavy (non-hydrogen) atoms. The van der Waals surface area contributed by atoms with Crippen LogP contribution in [-0.4, -0.2) is 9.55 Å². The Morgan fingerprint density at radius 3 is 2.75 bits per heavy atom. The fourth-order valence-electron chi connectivity index (χ4n) is 2.86. The van der Waals surface area contributed by atoms with E-state index >= 15 is 0 Å². The van der Waals surface area contributed by atoms with Crippen LogP contribution in [0.2, 0.25) is 0 Å². The van der Waals surface area contributed by atoms with Crippen molar-refractivity contribution >= 4 is 26.8 Å². The quantitative estimate of drug-likeness (QED) is 0.585. The zero-order valence-electron chi connectivity index (χ0n) is 13.8. The van der Waals surface area contributed by atoms with Gasteiger partial charge in [0.2, 0.25) is 0 Å². The zero-order chi connectivity index (χ0) is 17.3. The van der Waals surface area contributed by atoms with Crippen molar-refractivity contribution in [3.63, 3.8) is 0 Å². The van der Waals surface area contributed by atoms with E-state index in [2.05, 4.69) is 29.4 Å². The third-order valence-corrected chi connectivity index (χ3v) is 4.74. The molecule has 122 valence electrons. The topological polar surface area (TPSA) is 34.9 Å². The number of rotatable bonds is 4. The third-order valence-electron chi connectivity index (χ3n) is 4.11. The normalized spacial score (nSPS) is 12.3. The Bertz CT molecular complexity index is 975. The molecule has 0 radical (unpaired) electrons. The van der Waals surface area contributed by atoms with Gasteiger partial charge in [-0.3, -0.25) is 9.36 Å². The molecule has 0 aliphatic carbocycles. The van der Waals surface area contributed by atoms with Gasteiger partial charge in [-0.1, -0.05) is 31.2 Å². The SMILES string of the molecule is C=CC[C@H](C)c1nc2ccccc2c(=O)n1-c1ccc(C)cc1Br. The molecule has 0 unspecified atom stereocenters. The van der Waals surface area contributed by atoms with E-state index in [-0.39, 0.29) is 11.5 Å². The van der Waals surface area contributed by atoms with Crippen LogP contribution in [-0.2, 0) is 0 Å². The highest BCUT2D eigenvalue weighted by Gasteiger charge is 2.18. The van der Waals surface area contributed by atoms with Crippen molar-refractivity contribution in [3.05, 3.63) is 81.3 Å². The van der Waals surface area contributed by atoms with Crippen molar-refractivity contribution in [2.75, 3.05) is 0 Å². The van der Waals surface area contributed by atoms with Crippen LogP contribution in [0.15, 0.2) is 64.4 Å². The van der Waals surface area contributed by atoms with Crippen LogP contribution in [0.1, 0.15) is 30.7 Å². The second-order valence-electron chi connectivity index (χ2n) is 6.01. The maximum atomic E-state index is 13.2. The molecule has 0 fully saturated rings. The number of para-hydroxylation sites is 1. The van der Waals surface area contributed by atoms with Crippen molar-refractivity contribution in [2.45, 2.75) is 26.2 Å². The minimum absolute atomic E-state index is 0.0453. The number of halogens is 1. The molecule has 3 aromatic rings. The number of aryl methyl sites for hydroxylation is 1. The largest absolute Gasteiger partial charge is 0.268 e. The summed E-state index contributed by atoms with van der Waals surface area (Å²) < 4.78 is 2.61. The molecular weight excluding hydrogens is 364 g/mol. The predicted octanol–water partition coefficient (Wildman–Crippen LogP) is 5.14. The minimum Gasteiger partial charge on any atom is -0.268 e. The molecule has 1 aromatic heterocycles.